The number of aryl methyl sites for hydroxylation is 2. The fraction of sp³-hybridized carbons (Fsp3) is 0.435. The third-order valence-corrected chi connectivity index (χ3v) is 5.77. The van der Waals surface area contributed by atoms with Crippen LogP contribution in [0.25, 0.3) is 0 Å². The third kappa shape index (κ3) is 4.99. The number of carbonyl (C=O) groups is 1. The molecule has 1 unspecified atom stereocenters. The molecule has 1 aromatic carbocycles. The van der Waals surface area contributed by atoms with Gasteiger partial charge >= 0.3 is 5.97 Å². The first-order chi connectivity index (χ1) is 15.6. The van der Waals surface area contributed by atoms with Gasteiger partial charge in [0.25, 0.3) is 0 Å². The Morgan fingerprint density at radius 3 is 2.72 bits per heavy atom. The highest BCUT2D eigenvalue weighted by atomic mass is 19.1. The zero-order valence-electron chi connectivity index (χ0n) is 18.3. The van der Waals surface area contributed by atoms with Crippen LogP contribution in [0, 0.1) is 5.82 Å². The van der Waals surface area contributed by atoms with Crippen molar-refractivity contribution in [3.63, 3.8) is 0 Å². The van der Waals surface area contributed by atoms with Crippen molar-refractivity contribution in [2.24, 2.45) is 4.99 Å². The van der Waals surface area contributed by atoms with Crippen LogP contribution < -0.4 is 10.1 Å². The predicted octanol–water partition coefficient (Wildman–Crippen LogP) is 2.12. The maximum absolute atomic E-state index is 14.6. The number of nitrogens with zero attached hydrogens (tertiary/aromatic N) is 4. The van der Waals surface area contributed by atoms with Gasteiger partial charge in [-0.05, 0) is 49.1 Å². The molecule has 1 fully saturated rings. The molecule has 32 heavy (non-hydrogen) atoms. The minimum atomic E-state index is -0.539. The van der Waals surface area contributed by atoms with Gasteiger partial charge in [-0.25, -0.2) is 28.7 Å². The lowest BCUT2D eigenvalue weighted by Crippen LogP contribution is -2.49. The van der Waals surface area contributed by atoms with E-state index in [0.29, 0.717) is 30.4 Å². The number of aliphatic imine (C=N–C) groups is 1. The summed E-state index contributed by atoms with van der Waals surface area (Å²) >= 11 is 0. The van der Waals surface area contributed by atoms with Gasteiger partial charge in [-0.3, -0.25) is 0 Å². The van der Waals surface area contributed by atoms with Crippen molar-refractivity contribution in [1.82, 2.24) is 15.3 Å². The Balaban J connectivity index is 1.39. The molecule has 2 aromatic rings. The average molecular weight is 440 g/mol. The second-order valence-electron chi connectivity index (χ2n) is 7.94. The number of esters is 1. The molecule has 8 nitrogen and oxygen atoms in total. The highest BCUT2D eigenvalue weighted by molar-refractivity contribution is 6.33. The molecule has 1 N–H and O–H groups in total. The molecule has 1 aromatic heterocycles. The molecule has 2 aliphatic heterocycles. The quantitative estimate of drug-likeness (QED) is 0.524. The summed E-state index contributed by atoms with van der Waals surface area (Å²) < 4.78 is 26.7. The topological polar surface area (TPSA) is 88.7 Å². The van der Waals surface area contributed by atoms with Crippen molar-refractivity contribution in [1.29, 1.82) is 0 Å². The standard InChI is InChI=1S/C23H27FN5O3/c1-31-20-9-17(22(30)32-2)8-16(21(20)24)6-5-15-10-26-23(27-11-15)28-18-13-29(14-18)19-4-3-7-25-12-19/h8-11,13,19,25H,3-7,12,14H2,1-2H3/q+1. The zero-order valence-corrected chi connectivity index (χ0v) is 18.3. The Labute approximate surface area is 186 Å². The van der Waals surface area contributed by atoms with Gasteiger partial charge in [-0.15, -0.1) is 0 Å². The van der Waals surface area contributed by atoms with Crippen molar-refractivity contribution in [3.8, 4) is 5.75 Å². The van der Waals surface area contributed by atoms with E-state index in [4.69, 9.17) is 9.47 Å². The van der Waals surface area contributed by atoms with Crippen molar-refractivity contribution >= 4 is 23.8 Å². The maximum Gasteiger partial charge on any atom is 0.337 e. The molecule has 4 rings (SSSR count). The van der Waals surface area contributed by atoms with E-state index in [1.165, 1.54) is 39.2 Å². The van der Waals surface area contributed by atoms with E-state index in [1.807, 2.05) is 0 Å². The van der Waals surface area contributed by atoms with Gasteiger partial charge in [0, 0.05) is 18.8 Å². The number of hydrogen-bond acceptors (Lipinski definition) is 7. The summed E-state index contributed by atoms with van der Waals surface area (Å²) in [6.07, 6.45) is 8.75. The van der Waals surface area contributed by atoms with Gasteiger partial charge in [0.2, 0.25) is 5.95 Å². The van der Waals surface area contributed by atoms with Crippen LogP contribution in [-0.2, 0) is 17.6 Å². The van der Waals surface area contributed by atoms with Crippen LogP contribution in [-0.4, -0.2) is 72.3 Å². The summed E-state index contributed by atoms with van der Waals surface area (Å²) in [7, 11) is 2.65. The van der Waals surface area contributed by atoms with Gasteiger partial charge in [-0.2, -0.15) is 0 Å². The molecule has 2 aliphatic rings. The van der Waals surface area contributed by atoms with E-state index in [1.54, 1.807) is 12.4 Å². The highest BCUT2D eigenvalue weighted by Crippen LogP contribution is 2.25. The second-order valence-corrected chi connectivity index (χ2v) is 7.94. The number of carbonyl (C=O) groups excluding carboxylic acids is 1. The first-order valence-corrected chi connectivity index (χ1v) is 10.7. The maximum atomic E-state index is 14.6. The Kier molecular flexibility index (Phi) is 6.84. The fourth-order valence-electron chi connectivity index (χ4n) is 3.93. The minimum absolute atomic E-state index is 0.0140. The molecule has 1 saturated heterocycles. The molecule has 9 heteroatoms. The normalized spacial score (nSPS) is 19.3. The number of piperidine rings is 1. The Bertz CT molecular complexity index is 1050. The van der Waals surface area contributed by atoms with Crippen LogP contribution in [0.5, 0.6) is 5.75 Å². The number of rotatable bonds is 7. The van der Waals surface area contributed by atoms with E-state index in [0.717, 1.165) is 30.9 Å². The summed E-state index contributed by atoms with van der Waals surface area (Å²) in [5.41, 5.74) is 2.44. The Morgan fingerprint density at radius 1 is 1.28 bits per heavy atom. The van der Waals surface area contributed by atoms with Gasteiger partial charge in [-0.1, -0.05) is 0 Å². The molecule has 0 spiro atoms. The van der Waals surface area contributed by atoms with E-state index in [2.05, 4.69) is 31.1 Å². The van der Waals surface area contributed by atoms with Crippen molar-refractivity contribution in [2.45, 2.75) is 31.7 Å². The number of methoxy groups -OCH3 is 2. The van der Waals surface area contributed by atoms with Gasteiger partial charge < -0.3 is 14.8 Å². The van der Waals surface area contributed by atoms with E-state index in [-0.39, 0.29) is 11.3 Å². The summed E-state index contributed by atoms with van der Waals surface area (Å²) in [6, 6.07) is 3.37. The zero-order chi connectivity index (χ0) is 22.5. The predicted molar refractivity (Wildman–Crippen MR) is 118 cm³/mol. The number of hydrogen-bond donors (Lipinski definition) is 1. The number of aromatic nitrogens is 2. The number of ether oxygens (including phenoxy) is 2. The first kappa shape index (κ1) is 22.0. The van der Waals surface area contributed by atoms with Crippen molar-refractivity contribution in [3.05, 3.63) is 47.0 Å². The van der Waals surface area contributed by atoms with E-state index >= 15 is 0 Å². The van der Waals surface area contributed by atoms with Crippen LogP contribution in [0.3, 0.4) is 0 Å². The minimum Gasteiger partial charge on any atom is -0.494 e. The molecule has 0 amide bonds. The molecule has 168 valence electrons. The van der Waals surface area contributed by atoms with Gasteiger partial charge in [0.1, 0.15) is 0 Å². The lowest BCUT2D eigenvalue weighted by molar-refractivity contribution is -0.559. The monoisotopic (exact) mass is 440 g/mol. The molecule has 1 atom stereocenters. The summed E-state index contributed by atoms with van der Waals surface area (Å²) in [4.78, 5) is 25.0. The summed E-state index contributed by atoms with van der Waals surface area (Å²) in [5.74, 6) is -0.591. The lowest BCUT2D eigenvalue weighted by atomic mass is 10.0. The van der Waals surface area contributed by atoms with Gasteiger partial charge in [0.05, 0.1) is 26.3 Å². The number of nitrogens with one attached hydrogen (secondary N) is 1. The van der Waals surface area contributed by atoms with E-state index < -0.39 is 11.8 Å². The molecule has 0 saturated carbocycles. The van der Waals surface area contributed by atoms with Gasteiger partial charge in [0.15, 0.2) is 36.1 Å². The Morgan fingerprint density at radius 2 is 2.06 bits per heavy atom. The van der Waals surface area contributed by atoms with Crippen LogP contribution in [0.2, 0.25) is 0 Å². The molecule has 0 aliphatic carbocycles. The van der Waals surface area contributed by atoms with E-state index in [9.17, 15) is 9.18 Å². The fourth-order valence-corrected chi connectivity index (χ4v) is 3.93. The van der Waals surface area contributed by atoms with Crippen LogP contribution >= 0.6 is 0 Å². The lowest BCUT2D eigenvalue weighted by Gasteiger charge is -2.24. The third-order valence-electron chi connectivity index (χ3n) is 5.77. The smallest absolute Gasteiger partial charge is 0.337 e. The molecule has 0 bridgehead atoms. The SMILES string of the molecule is COC(=O)c1cc(CCc2cnc(N=C3C=[N+](C4CCCNC4)C3)nc2)c(F)c(OC)c1. The number of benzene rings is 1. The van der Waals surface area contributed by atoms with Crippen LogP contribution in [0.4, 0.5) is 10.3 Å². The van der Waals surface area contributed by atoms with Crippen LogP contribution in [0.15, 0.2) is 29.5 Å². The summed E-state index contributed by atoms with van der Waals surface area (Å²) in [5, 5.41) is 3.42. The number of halogens is 1. The average Bonchev–Trinajstić information content (AvgIpc) is 2.81. The molecular weight excluding hydrogens is 413 g/mol. The summed E-state index contributed by atoms with van der Waals surface area (Å²) in [6.45, 7) is 2.93. The van der Waals surface area contributed by atoms with Crippen LogP contribution in [0.1, 0.15) is 34.3 Å². The molecule has 0 radical (unpaired) electrons. The first-order valence-electron chi connectivity index (χ1n) is 10.7. The Hall–Kier alpha value is -3.20. The highest BCUT2D eigenvalue weighted by Gasteiger charge is 2.31. The largest absolute Gasteiger partial charge is 0.494 e. The second kappa shape index (κ2) is 9.95. The van der Waals surface area contributed by atoms with Crippen molar-refractivity contribution in [2.75, 3.05) is 33.9 Å². The molecular formula is C23H27FN5O3+. The van der Waals surface area contributed by atoms with Crippen molar-refractivity contribution < 1.29 is 23.2 Å². The molecule has 3 heterocycles.